The van der Waals surface area contributed by atoms with E-state index in [4.69, 9.17) is 0 Å². The molecular formula is C11H13N3S. The maximum atomic E-state index is 4.53. The van der Waals surface area contributed by atoms with Gasteiger partial charge in [0.05, 0.1) is 16.4 Å². The van der Waals surface area contributed by atoms with E-state index in [2.05, 4.69) is 20.7 Å². The Morgan fingerprint density at radius 3 is 3.00 bits per heavy atom. The van der Waals surface area contributed by atoms with Gasteiger partial charge in [-0.2, -0.15) is 0 Å². The molecule has 0 bridgehead atoms. The number of thiazole rings is 1. The van der Waals surface area contributed by atoms with Crippen molar-refractivity contribution >= 4 is 11.3 Å². The molecule has 2 aromatic rings. The fourth-order valence-electron chi connectivity index (χ4n) is 1.29. The molecule has 0 aliphatic heterocycles. The summed E-state index contributed by atoms with van der Waals surface area (Å²) in [6.07, 6.45) is 2.77. The molecule has 0 radical (unpaired) electrons. The first-order valence-corrected chi connectivity index (χ1v) is 5.78. The molecule has 1 N–H and O–H groups in total. The van der Waals surface area contributed by atoms with Crippen molar-refractivity contribution in [2.45, 2.75) is 6.42 Å². The third kappa shape index (κ3) is 2.61. The lowest BCUT2D eigenvalue weighted by Crippen LogP contribution is -2.09. The molecule has 0 spiro atoms. The Hall–Kier alpha value is -1.26. The summed E-state index contributed by atoms with van der Waals surface area (Å²) < 4.78 is 0. The maximum absolute atomic E-state index is 4.53. The van der Waals surface area contributed by atoms with Gasteiger partial charge < -0.3 is 5.32 Å². The number of nitrogens with one attached hydrogen (secondary N) is 1. The molecule has 0 fully saturated rings. The summed E-state index contributed by atoms with van der Waals surface area (Å²) in [7, 11) is 1.95. The van der Waals surface area contributed by atoms with Gasteiger partial charge in [-0.1, -0.05) is 6.07 Å². The van der Waals surface area contributed by atoms with E-state index in [0.29, 0.717) is 0 Å². The monoisotopic (exact) mass is 219 g/mol. The van der Waals surface area contributed by atoms with Gasteiger partial charge in [-0.25, -0.2) is 4.98 Å². The van der Waals surface area contributed by atoms with Crippen LogP contribution in [0.5, 0.6) is 0 Å². The Balaban J connectivity index is 2.14. The van der Waals surface area contributed by atoms with E-state index in [0.717, 1.165) is 29.4 Å². The van der Waals surface area contributed by atoms with E-state index in [1.54, 1.807) is 17.5 Å². The molecule has 4 heteroatoms. The van der Waals surface area contributed by atoms with Crippen LogP contribution in [-0.2, 0) is 6.42 Å². The van der Waals surface area contributed by atoms with Gasteiger partial charge in [-0.15, -0.1) is 11.3 Å². The fourth-order valence-corrected chi connectivity index (χ4v) is 2.08. The number of nitrogens with zero attached hydrogens (tertiary/aromatic N) is 2. The minimum Gasteiger partial charge on any atom is -0.319 e. The predicted molar refractivity (Wildman–Crippen MR) is 63.0 cm³/mol. The summed E-state index contributed by atoms with van der Waals surface area (Å²) in [5.41, 5.74) is 1.93. The lowest BCUT2D eigenvalue weighted by atomic mass is 10.3. The van der Waals surface area contributed by atoms with Crippen molar-refractivity contribution in [3.8, 4) is 11.4 Å². The molecule has 2 aromatic heterocycles. The molecule has 0 atom stereocenters. The van der Waals surface area contributed by atoms with Crippen LogP contribution in [0.1, 0.15) is 5.01 Å². The lowest BCUT2D eigenvalue weighted by Gasteiger charge is -1.94. The van der Waals surface area contributed by atoms with Crippen molar-refractivity contribution in [1.29, 1.82) is 0 Å². The number of rotatable bonds is 4. The molecule has 0 saturated heterocycles. The quantitative estimate of drug-likeness (QED) is 0.854. The van der Waals surface area contributed by atoms with E-state index < -0.39 is 0 Å². The van der Waals surface area contributed by atoms with Crippen LogP contribution in [-0.4, -0.2) is 23.6 Å². The average Bonchev–Trinajstić information content (AvgIpc) is 2.76. The predicted octanol–water partition coefficient (Wildman–Crippen LogP) is 1.97. The Bertz CT molecular complexity index is 411. The first-order chi connectivity index (χ1) is 7.40. The van der Waals surface area contributed by atoms with Crippen LogP contribution in [0.15, 0.2) is 29.8 Å². The molecular weight excluding hydrogens is 206 g/mol. The Kier molecular flexibility index (Phi) is 3.42. The van der Waals surface area contributed by atoms with Crippen LogP contribution < -0.4 is 5.32 Å². The molecule has 0 aliphatic rings. The number of hydrogen-bond acceptors (Lipinski definition) is 4. The highest BCUT2D eigenvalue weighted by Gasteiger charge is 2.04. The van der Waals surface area contributed by atoms with E-state index in [-0.39, 0.29) is 0 Å². The topological polar surface area (TPSA) is 37.8 Å². The van der Waals surface area contributed by atoms with Crippen molar-refractivity contribution in [2.24, 2.45) is 0 Å². The normalized spacial score (nSPS) is 10.5. The molecule has 0 aromatic carbocycles. The largest absolute Gasteiger partial charge is 0.319 e. The highest BCUT2D eigenvalue weighted by Crippen LogP contribution is 2.19. The number of hydrogen-bond donors (Lipinski definition) is 1. The van der Waals surface area contributed by atoms with Gasteiger partial charge in [-0.3, -0.25) is 4.98 Å². The lowest BCUT2D eigenvalue weighted by molar-refractivity contribution is 0.788. The Morgan fingerprint density at radius 2 is 2.27 bits per heavy atom. The highest BCUT2D eigenvalue weighted by atomic mass is 32.1. The van der Waals surface area contributed by atoms with E-state index in [1.807, 2.05) is 25.2 Å². The van der Waals surface area contributed by atoms with Crippen LogP contribution in [0.25, 0.3) is 11.4 Å². The van der Waals surface area contributed by atoms with Crippen LogP contribution in [0.2, 0.25) is 0 Å². The molecule has 2 rings (SSSR count). The van der Waals surface area contributed by atoms with Gasteiger partial charge in [0.2, 0.25) is 0 Å². The second-order valence-electron chi connectivity index (χ2n) is 3.20. The molecule has 15 heavy (non-hydrogen) atoms. The van der Waals surface area contributed by atoms with Gasteiger partial charge >= 0.3 is 0 Å². The highest BCUT2D eigenvalue weighted by molar-refractivity contribution is 7.09. The minimum absolute atomic E-state index is 0.949. The molecule has 0 saturated carbocycles. The number of likely N-dealkylation sites (N-methyl/N-ethyl adjacent to an activating group) is 1. The SMILES string of the molecule is CNCCc1nc(-c2ccccn2)cs1. The van der Waals surface area contributed by atoms with Gasteiger partial charge in [-0.05, 0) is 19.2 Å². The first kappa shape index (κ1) is 10.3. The van der Waals surface area contributed by atoms with E-state index >= 15 is 0 Å². The Labute approximate surface area is 93.2 Å². The summed E-state index contributed by atoms with van der Waals surface area (Å²) >= 11 is 1.69. The van der Waals surface area contributed by atoms with Gasteiger partial charge in [0.15, 0.2) is 0 Å². The first-order valence-electron chi connectivity index (χ1n) is 4.90. The zero-order valence-corrected chi connectivity index (χ0v) is 9.42. The van der Waals surface area contributed by atoms with Crippen LogP contribution in [0, 0.1) is 0 Å². The molecule has 78 valence electrons. The Morgan fingerprint density at radius 1 is 1.33 bits per heavy atom. The maximum Gasteiger partial charge on any atom is 0.0998 e. The molecule has 0 unspecified atom stereocenters. The van der Waals surface area contributed by atoms with E-state index in [9.17, 15) is 0 Å². The van der Waals surface area contributed by atoms with Gasteiger partial charge in [0.1, 0.15) is 0 Å². The molecule has 0 aliphatic carbocycles. The molecule has 2 heterocycles. The summed E-state index contributed by atoms with van der Waals surface area (Å²) in [5.74, 6) is 0. The summed E-state index contributed by atoms with van der Waals surface area (Å²) in [4.78, 5) is 8.81. The van der Waals surface area contributed by atoms with Crippen molar-refractivity contribution < 1.29 is 0 Å². The third-order valence-electron chi connectivity index (χ3n) is 2.07. The third-order valence-corrected chi connectivity index (χ3v) is 2.98. The van der Waals surface area contributed by atoms with Crippen molar-refractivity contribution in [2.75, 3.05) is 13.6 Å². The van der Waals surface area contributed by atoms with Gasteiger partial charge in [0, 0.05) is 24.5 Å². The van der Waals surface area contributed by atoms with Crippen molar-refractivity contribution in [1.82, 2.24) is 15.3 Å². The second-order valence-corrected chi connectivity index (χ2v) is 4.14. The van der Waals surface area contributed by atoms with Crippen LogP contribution in [0.3, 0.4) is 0 Å². The van der Waals surface area contributed by atoms with Crippen LogP contribution in [0.4, 0.5) is 0 Å². The zero-order valence-electron chi connectivity index (χ0n) is 8.60. The van der Waals surface area contributed by atoms with Crippen LogP contribution >= 0.6 is 11.3 Å². The average molecular weight is 219 g/mol. The van der Waals surface area contributed by atoms with Gasteiger partial charge in [0.25, 0.3) is 0 Å². The summed E-state index contributed by atoms with van der Waals surface area (Å²) in [6, 6.07) is 5.88. The molecule has 0 amide bonds. The molecule has 3 nitrogen and oxygen atoms in total. The van der Waals surface area contributed by atoms with Crippen molar-refractivity contribution in [3.63, 3.8) is 0 Å². The standard InChI is InChI=1S/C11H13N3S/c1-12-7-5-11-14-10(8-15-11)9-4-2-3-6-13-9/h2-4,6,8,12H,5,7H2,1H3. The second kappa shape index (κ2) is 5.00. The summed E-state index contributed by atoms with van der Waals surface area (Å²) in [5, 5.41) is 6.34. The van der Waals surface area contributed by atoms with E-state index in [1.165, 1.54) is 0 Å². The van der Waals surface area contributed by atoms with Crippen molar-refractivity contribution in [3.05, 3.63) is 34.8 Å². The minimum atomic E-state index is 0.949. The zero-order chi connectivity index (χ0) is 10.5. The summed E-state index contributed by atoms with van der Waals surface area (Å²) in [6.45, 7) is 0.967. The smallest absolute Gasteiger partial charge is 0.0998 e. The number of pyridine rings is 1. The number of aromatic nitrogens is 2. The fraction of sp³-hybridized carbons (Fsp3) is 0.273.